The van der Waals surface area contributed by atoms with Gasteiger partial charge in [0.05, 0.1) is 11.9 Å². The van der Waals surface area contributed by atoms with Crippen LogP contribution in [0.3, 0.4) is 0 Å². The normalized spacial score (nSPS) is 14.0. The SMILES string of the molecule is CN1N=C(c2ccccc2)Sc2c1cnn(C)c2=O. The van der Waals surface area contributed by atoms with Gasteiger partial charge in [0.1, 0.15) is 9.94 Å². The summed E-state index contributed by atoms with van der Waals surface area (Å²) in [5, 5.41) is 11.0. The van der Waals surface area contributed by atoms with Crippen molar-refractivity contribution in [2.75, 3.05) is 12.1 Å². The highest BCUT2D eigenvalue weighted by Crippen LogP contribution is 2.33. The number of thioether (sulfide) groups is 1. The summed E-state index contributed by atoms with van der Waals surface area (Å²) in [6, 6.07) is 9.84. The quantitative estimate of drug-likeness (QED) is 0.792. The van der Waals surface area contributed by atoms with Gasteiger partial charge in [0.15, 0.2) is 0 Å². The van der Waals surface area contributed by atoms with Gasteiger partial charge in [0, 0.05) is 19.7 Å². The van der Waals surface area contributed by atoms with Gasteiger partial charge in [-0.1, -0.05) is 42.1 Å². The molecule has 96 valence electrons. The zero-order chi connectivity index (χ0) is 13.4. The van der Waals surface area contributed by atoms with Gasteiger partial charge >= 0.3 is 0 Å². The van der Waals surface area contributed by atoms with Crippen molar-refractivity contribution in [3.8, 4) is 0 Å². The highest BCUT2D eigenvalue weighted by Gasteiger charge is 2.22. The maximum absolute atomic E-state index is 12.1. The van der Waals surface area contributed by atoms with Gasteiger partial charge in [-0.05, 0) is 0 Å². The van der Waals surface area contributed by atoms with Crippen molar-refractivity contribution in [3.05, 3.63) is 52.4 Å². The lowest BCUT2D eigenvalue weighted by Gasteiger charge is -2.23. The van der Waals surface area contributed by atoms with Crippen LogP contribution in [0.4, 0.5) is 5.69 Å². The van der Waals surface area contributed by atoms with E-state index in [-0.39, 0.29) is 5.56 Å². The maximum atomic E-state index is 12.1. The zero-order valence-electron chi connectivity index (χ0n) is 10.6. The third kappa shape index (κ3) is 2.04. The number of hydrogen-bond acceptors (Lipinski definition) is 5. The topological polar surface area (TPSA) is 50.5 Å². The number of benzene rings is 1. The van der Waals surface area contributed by atoms with Crippen molar-refractivity contribution < 1.29 is 0 Å². The molecule has 3 rings (SSSR count). The molecule has 0 unspecified atom stereocenters. The van der Waals surface area contributed by atoms with E-state index in [2.05, 4.69) is 10.2 Å². The average Bonchev–Trinajstić information content (AvgIpc) is 2.44. The van der Waals surface area contributed by atoms with E-state index in [1.54, 1.807) is 18.3 Å². The monoisotopic (exact) mass is 272 g/mol. The number of aryl methyl sites for hydroxylation is 1. The van der Waals surface area contributed by atoms with E-state index in [9.17, 15) is 4.79 Å². The smallest absolute Gasteiger partial charge is 0.266 e. The molecule has 2 heterocycles. The molecule has 0 N–H and O–H groups in total. The molecular formula is C13H12N4OS. The van der Waals surface area contributed by atoms with Gasteiger partial charge in [0.25, 0.3) is 5.56 Å². The van der Waals surface area contributed by atoms with E-state index in [0.717, 1.165) is 16.3 Å². The number of hydrazone groups is 1. The predicted octanol–water partition coefficient (Wildman–Crippen LogP) is 1.68. The van der Waals surface area contributed by atoms with Crippen LogP contribution in [0.1, 0.15) is 5.56 Å². The molecule has 0 amide bonds. The van der Waals surface area contributed by atoms with E-state index >= 15 is 0 Å². The number of hydrogen-bond donors (Lipinski definition) is 0. The minimum Gasteiger partial charge on any atom is -0.266 e. The summed E-state index contributed by atoms with van der Waals surface area (Å²) in [6.07, 6.45) is 1.66. The number of aromatic nitrogens is 2. The summed E-state index contributed by atoms with van der Waals surface area (Å²) in [6.45, 7) is 0. The van der Waals surface area contributed by atoms with Gasteiger partial charge in [-0.25, -0.2) is 4.68 Å². The molecule has 0 aliphatic carbocycles. The summed E-state index contributed by atoms with van der Waals surface area (Å²) in [5.74, 6) is 0. The summed E-state index contributed by atoms with van der Waals surface area (Å²) in [4.78, 5) is 12.8. The Balaban J connectivity index is 2.11. The third-order valence-electron chi connectivity index (χ3n) is 2.88. The van der Waals surface area contributed by atoms with Gasteiger partial charge < -0.3 is 0 Å². The van der Waals surface area contributed by atoms with E-state index < -0.39 is 0 Å². The molecular weight excluding hydrogens is 260 g/mol. The van der Waals surface area contributed by atoms with E-state index in [4.69, 9.17) is 0 Å². The van der Waals surface area contributed by atoms with Crippen LogP contribution in [0.15, 0.2) is 51.3 Å². The maximum Gasteiger partial charge on any atom is 0.282 e. The van der Waals surface area contributed by atoms with Crippen LogP contribution in [-0.2, 0) is 7.05 Å². The lowest BCUT2D eigenvalue weighted by Crippen LogP contribution is -2.28. The van der Waals surface area contributed by atoms with E-state index in [1.165, 1.54) is 16.4 Å². The Kier molecular flexibility index (Phi) is 2.87. The first kappa shape index (κ1) is 12.0. The van der Waals surface area contributed by atoms with Crippen molar-refractivity contribution in [2.45, 2.75) is 4.90 Å². The van der Waals surface area contributed by atoms with E-state index in [1.807, 2.05) is 37.4 Å². The molecule has 0 saturated heterocycles. The van der Waals surface area contributed by atoms with Crippen molar-refractivity contribution in [2.24, 2.45) is 12.1 Å². The summed E-state index contributed by atoms with van der Waals surface area (Å²) in [7, 11) is 3.47. The Morgan fingerprint density at radius 2 is 1.89 bits per heavy atom. The molecule has 5 nitrogen and oxygen atoms in total. The third-order valence-corrected chi connectivity index (χ3v) is 3.98. The molecule has 6 heteroatoms. The Bertz CT molecular complexity index is 708. The first-order chi connectivity index (χ1) is 9.16. The minimum atomic E-state index is -0.0994. The Morgan fingerprint density at radius 1 is 1.16 bits per heavy atom. The summed E-state index contributed by atoms with van der Waals surface area (Å²) >= 11 is 1.39. The van der Waals surface area contributed by atoms with Crippen LogP contribution >= 0.6 is 11.8 Å². The fourth-order valence-corrected chi connectivity index (χ4v) is 2.96. The molecule has 2 aromatic rings. The molecule has 0 radical (unpaired) electrons. The number of anilines is 1. The Labute approximate surface area is 114 Å². The van der Waals surface area contributed by atoms with Gasteiger partial charge in [-0.3, -0.25) is 9.80 Å². The van der Waals surface area contributed by atoms with Crippen LogP contribution in [0.25, 0.3) is 0 Å². The molecule has 0 saturated carbocycles. The van der Waals surface area contributed by atoms with Gasteiger partial charge in [-0.2, -0.15) is 10.2 Å². The lowest BCUT2D eigenvalue weighted by molar-refractivity contribution is 0.684. The van der Waals surface area contributed by atoms with Crippen molar-refractivity contribution >= 4 is 22.5 Å². The second kappa shape index (κ2) is 4.55. The fourth-order valence-electron chi connectivity index (χ4n) is 1.84. The lowest BCUT2D eigenvalue weighted by atomic mass is 10.2. The molecule has 0 bridgehead atoms. The Morgan fingerprint density at radius 3 is 2.63 bits per heavy atom. The zero-order valence-corrected chi connectivity index (χ0v) is 11.4. The van der Waals surface area contributed by atoms with Crippen LogP contribution in [0.5, 0.6) is 0 Å². The largest absolute Gasteiger partial charge is 0.282 e. The standard InChI is InChI=1S/C13H12N4OS/c1-16-10-8-14-17(2)13(18)11(10)19-12(15-16)9-6-4-3-5-7-9/h3-8H,1-2H3. The van der Waals surface area contributed by atoms with Crippen LogP contribution < -0.4 is 10.6 Å². The summed E-state index contributed by atoms with van der Waals surface area (Å²) < 4.78 is 1.34. The number of nitrogens with zero attached hydrogens (tertiary/aromatic N) is 4. The van der Waals surface area contributed by atoms with Crippen LogP contribution in [0.2, 0.25) is 0 Å². The average molecular weight is 272 g/mol. The van der Waals surface area contributed by atoms with Crippen molar-refractivity contribution in [1.29, 1.82) is 0 Å². The highest BCUT2D eigenvalue weighted by atomic mass is 32.2. The second-order valence-electron chi connectivity index (χ2n) is 4.18. The van der Waals surface area contributed by atoms with Crippen molar-refractivity contribution in [1.82, 2.24) is 9.78 Å². The first-order valence-corrected chi connectivity index (χ1v) is 6.60. The molecule has 0 fully saturated rings. The molecule has 0 atom stereocenters. The molecule has 0 spiro atoms. The molecule has 1 aromatic carbocycles. The predicted molar refractivity (Wildman–Crippen MR) is 76.7 cm³/mol. The van der Waals surface area contributed by atoms with Gasteiger partial charge in [-0.15, -0.1) is 0 Å². The minimum absolute atomic E-state index is 0.0994. The molecule has 1 aliphatic rings. The van der Waals surface area contributed by atoms with Crippen LogP contribution in [-0.4, -0.2) is 21.9 Å². The Hall–Kier alpha value is -2.08. The highest BCUT2D eigenvalue weighted by molar-refractivity contribution is 8.14. The van der Waals surface area contributed by atoms with E-state index in [0.29, 0.717) is 4.90 Å². The number of rotatable bonds is 1. The molecule has 1 aromatic heterocycles. The fraction of sp³-hybridized carbons (Fsp3) is 0.154. The first-order valence-electron chi connectivity index (χ1n) is 5.79. The molecule has 19 heavy (non-hydrogen) atoms. The number of fused-ring (bicyclic) bond motifs is 1. The second-order valence-corrected chi connectivity index (χ2v) is 5.18. The van der Waals surface area contributed by atoms with Crippen LogP contribution in [0, 0.1) is 0 Å². The molecule has 1 aliphatic heterocycles. The van der Waals surface area contributed by atoms with Crippen molar-refractivity contribution in [3.63, 3.8) is 0 Å². The van der Waals surface area contributed by atoms with Gasteiger partial charge in [0.2, 0.25) is 0 Å². The summed E-state index contributed by atoms with van der Waals surface area (Å²) in [5.41, 5.74) is 1.65.